The number of aromatic hydroxyl groups is 1. The highest BCUT2D eigenvalue weighted by Gasteiger charge is 2.30. The molecule has 0 bridgehead atoms. The van der Waals surface area contributed by atoms with Crippen molar-refractivity contribution in [2.24, 2.45) is 5.92 Å². The number of carbonyl (C=O) groups is 2. The van der Waals surface area contributed by atoms with Gasteiger partial charge < -0.3 is 15.3 Å². The molecule has 1 aliphatic carbocycles. The van der Waals surface area contributed by atoms with Gasteiger partial charge in [-0.3, -0.25) is 19.0 Å². The molecule has 154 valence electrons. The van der Waals surface area contributed by atoms with Crippen molar-refractivity contribution in [2.45, 2.75) is 45.7 Å². The van der Waals surface area contributed by atoms with Crippen LogP contribution in [0.25, 0.3) is 11.7 Å². The minimum Gasteiger partial charge on any atom is -0.494 e. The van der Waals surface area contributed by atoms with Crippen LogP contribution in [0, 0.1) is 5.92 Å². The van der Waals surface area contributed by atoms with Gasteiger partial charge in [0.2, 0.25) is 11.8 Å². The maximum Gasteiger partial charge on any atom is 0.291 e. The molecular weight excluding hydrogens is 374 g/mol. The van der Waals surface area contributed by atoms with Gasteiger partial charge in [0.05, 0.1) is 6.20 Å². The molecule has 1 saturated carbocycles. The van der Waals surface area contributed by atoms with Gasteiger partial charge in [-0.1, -0.05) is 13.8 Å². The highest BCUT2D eigenvalue weighted by Crippen LogP contribution is 2.24. The number of carbonyl (C=O) groups excluding carboxylic acids is 2. The minimum atomic E-state index is -0.677. The first kappa shape index (κ1) is 19.2. The Morgan fingerprint density at radius 2 is 2.07 bits per heavy atom. The van der Waals surface area contributed by atoms with Gasteiger partial charge in [0.1, 0.15) is 5.65 Å². The molecule has 1 saturated heterocycles. The molecule has 29 heavy (non-hydrogen) atoms. The first-order valence-corrected chi connectivity index (χ1v) is 9.98. The average molecular weight is 399 g/mol. The van der Waals surface area contributed by atoms with E-state index in [0.717, 1.165) is 36.9 Å². The lowest BCUT2D eigenvalue weighted by molar-refractivity contribution is -0.129. The number of nitrogens with zero attached hydrogens (tertiary/aromatic N) is 4. The molecule has 3 heterocycles. The van der Waals surface area contributed by atoms with Gasteiger partial charge in [-0.2, -0.15) is 9.61 Å². The van der Waals surface area contributed by atoms with Crippen molar-refractivity contribution in [3.63, 3.8) is 0 Å². The molecule has 9 heteroatoms. The van der Waals surface area contributed by atoms with Crippen molar-refractivity contribution in [2.75, 3.05) is 13.1 Å². The van der Waals surface area contributed by atoms with Crippen molar-refractivity contribution >= 4 is 23.5 Å². The number of likely N-dealkylation sites (tertiary alicyclic amines) is 1. The van der Waals surface area contributed by atoms with E-state index in [1.54, 1.807) is 11.0 Å². The summed E-state index contributed by atoms with van der Waals surface area (Å²) in [4.78, 5) is 39.3. The third-order valence-electron chi connectivity index (χ3n) is 5.17. The molecule has 0 atom stereocenters. The van der Waals surface area contributed by atoms with E-state index in [2.05, 4.69) is 10.4 Å². The zero-order valence-corrected chi connectivity index (χ0v) is 16.6. The Morgan fingerprint density at radius 3 is 2.66 bits per heavy atom. The number of rotatable bonds is 6. The molecular formula is C20H25N5O4. The number of hydrogen-bond acceptors (Lipinski definition) is 5. The summed E-state index contributed by atoms with van der Waals surface area (Å²) in [7, 11) is 0. The summed E-state index contributed by atoms with van der Waals surface area (Å²) in [6.07, 6.45) is 7.26. The lowest BCUT2D eigenvalue weighted by Gasteiger charge is -2.29. The first-order chi connectivity index (χ1) is 13.9. The van der Waals surface area contributed by atoms with Gasteiger partial charge in [-0.25, -0.2) is 0 Å². The molecule has 2 N–H and O–H groups in total. The molecule has 2 aliphatic rings. The monoisotopic (exact) mass is 399 g/mol. The van der Waals surface area contributed by atoms with Crippen LogP contribution in [0.2, 0.25) is 0 Å². The van der Waals surface area contributed by atoms with Gasteiger partial charge in [-0.05, 0) is 31.3 Å². The zero-order valence-electron chi connectivity index (χ0n) is 16.6. The fourth-order valence-electron chi connectivity index (χ4n) is 3.35. The molecule has 4 rings (SSSR count). The summed E-state index contributed by atoms with van der Waals surface area (Å²) in [5.74, 6) is -0.924. The fraction of sp³-hybridized carbons (Fsp3) is 0.500. The predicted octanol–water partition coefficient (Wildman–Crippen LogP) is 0.995. The standard InChI is InChI=1S/C20H25N5O4/c1-12(2)11-24-18-13(4-7-15(26)23-8-3-9-23)10-21-25(18)20(29)16(19(24)28)17(27)22-14-5-6-14/h4,7,10,12,14,28H,3,5-6,8-9,11H2,1-2H3,(H,22,27)/b7-4+. The second-order valence-corrected chi connectivity index (χ2v) is 8.10. The predicted molar refractivity (Wildman–Crippen MR) is 107 cm³/mol. The third kappa shape index (κ3) is 3.64. The number of aromatic nitrogens is 3. The molecule has 0 spiro atoms. The molecule has 2 aromatic rings. The number of nitrogens with one attached hydrogen (secondary N) is 1. The van der Waals surface area contributed by atoms with Crippen LogP contribution in [0.3, 0.4) is 0 Å². The maximum absolute atomic E-state index is 12.9. The van der Waals surface area contributed by atoms with E-state index in [1.165, 1.54) is 16.8 Å². The Hall–Kier alpha value is -3.10. The van der Waals surface area contributed by atoms with Crippen molar-refractivity contribution in [3.05, 3.63) is 33.8 Å². The van der Waals surface area contributed by atoms with E-state index >= 15 is 0 Å². The zero-order chi connectivity index (χ0) is 20.7. The third-order valence-corrected chi connectivity index (χ3v) is 5.17. The van der Waals surface area contributed by atoms with Crippen LogP contribution in [0.15, 0.2) is 17.1 Å². The molecule has 0 unspecified atom stereocenters. The second-order valence-electron chi connectivity index (χ2n) is 8.10. The fourth-order valence-corrected chi connectivity index (χ4v) is 3.35. The molecule has 2 fully saturated rings. The summed E-state index contributed by atoms with van der Waals surface area (Å²) in [6, 6.07) is 0.0548. The Kier molecular flexibility index (Phi) is 4.89. The molecule has 9 nitrogen and oxygen atoms in total. The van der Waals surface area contributed by atoms with E-state index in [4.69, 9.17) is 0 Å². The lowest BCUT2D eigenvalue weighted by atomic mass is 10.2. The largest absolute Gasteiger partial charge is 0.494 e. The minimum absolute atomic E-state index is 0.0548. The molecule has 1 aliphatic heterocycles. The Morgan fingerprint density at radius 1 is 1.34 bits per heavy atom. The molecule has 2 amide bonds. The maximum atomic E-state index is 12.9. The van der Waals surface area contributed by atoms with E-state index in [0.29, 0.717) is 17.8 Å². The number of amides is 2. The van der Waals surface area contributed by atoms with Gasteiger partial charge in [-0.15, -0.1) is 0 Å². The van der Waals surface area contributed by atoms with E-state index in [9.17, 15) is 19.5 Å². The highest BCUT2D eigenvalue weighted by atomic mass is 16.3. The number of hydrogen-bond donors (Lipinski definition) is 2. The summed E-state index contributed by atoms with van der Waals surface area (Å²) in [5.41, 5.74) is -0.0948. The van der Waals surface area contributed by atoms with E-state index in [1.807, 2.05) is 13.8 Å². The summed E-state index contributed by atoms with van der Waals surface area (Å²) in [6.45, 7) is 5.81. The van der Waals surface area contributed by atoms with Crippen molar-refractivity contribution in [1.29, 1.82) is 0 Å². The Labute approximate surface area is 167 Å². The quantitative estimate of drug-likeness (QED) is 0.705. The smallest absolute Gasteiger partial charge is 0.291 e. The summed E-state index contributed by atoms with van der Waals surface area (Å²) in [5, 5.41) is 17.7. The molecule has 0 radical (unpaired) electrons. The highest BCUT2D eigenvalue weighted by molar-refractivity contribution is 5.97. The summed E-state index contributed by atoms with van der Waals surface area (Å²) >= 11 is 0. The van der Waals surface area contributed by atoms with Crippen molar-refractivity contribution in [3.8, 4) is 5.88 Å². The van der Waals surface area contributed by atoms with Gasteiger partial charge in [0.25, 0.3) is 11.5 Å². The Balaban J connectivity index is 1.80. The molecule has 0 aromatic carbocycles. The topological polar surface area (TPSA) is 109 Å². The number of fused-ring (bicyclic) bond motifs is 1. The second kappa shape index (κ2) is 7.38. The van der Waals surface area contributed by atoms with E-state index < -0.39 is 11.5 Å². The van der Waals surface area contributed by atoms with Gasteiger partial charge in [0, 0.05) is 37.3 Å². The van der Waals surface area contributed by atoms with Crippen LogP contribution in [0.4, 0.5) is 0 Å². The van der Waals surface area contributed by atoms with Crippen LogP contribution in [0.5, 0.6) is 5.88 Å². The normalized spacial score (nSPS) is 16.6. The Bertz CT molecular complexity index is 1060. The van der Waals surface area contributed by atoms with Crippen molar-refractivity contribution < 1.29 is 14.7 Å². The lowest BCUT2D eigenvalue weighted by Crippen LogP contribution is -2.40. The van der Waals surface area contributed by atoms with Gasteiger partial charge >= 0.3 is 0 Å². The van der Waals surface area contributed by atoms with Crippen molar-refractivity contribution in [1.82, 2.24) is 24.4 Å². The van der Waals surface area contributed by atoms with Crippen LogP contribution >= 0.6 is 0 Å². The molecule has 2 aromatic heterocycles. The van der Waals surface area contributed by atoms with Gasteiger partial charge in [0.15, 0.2) is 5.56 Å². The average Bonchev–Trinajstić information content (AvgIpc) is 3.31. The van der Waals surface area contributed by atoms with Crippen LogP contribution in [-0.4, -0.2) is 55.1 Å². The van der Waals surface area contributed by atoms with E-state index in [-0.39, 0.29) is 29.3 Å². The van der Waals surface area contributed by atoms with Crippen LogP contribution in [0.1, 0.15) is 49.0 Å². The van der Waals surface area contributed by atoms with Crippen LogP contribution < -0.4 is 10.9 Å². The SMILES string of the molecule is CC(C)Cn1c(O)c(C(=O)NC2CC2)c(=O)n2ncc(/C=C/C(=O)N3CCC3)c12. The first-order valence-electron chi connectivity index (χ1n) is 9.98. The summed E-state index contributed by atoms with van der Waals surface area (Å²) < 4.78 is 2.65. The van der Waals surface area contributed by atoms with Crippen LogP contribution in [-0.2, 0) is 11.3 Å².